The lowest BCUT2D eigenvalue weighted by atomic mass is 10.1. The number of anilines is 1. The van der Waals surface area contributed by atoms with E-state index in [-0.39, 0.29) is 24.2 Å². The monoisotopic (exact) mass is 386 g/mol. The highest BCUT2D eigenvalue weighted by Gasteiger charge is 2.32. The van der Waals surface area contributed by atoms with Gasteiger partial charge in [0.1, 0.15) is 17.3 Å². The Morgan fingerprint density at radius 1 is 0.931 bits per heavy atom. The van der Waals surface area contributed by atoms with E-state index in [9.17, 15) is 9.18 Å². The minimum atomic E-state index is -0.366. The molecule has 0 N–H and O–H groups in total. The van der Waals surface area contributed by atoms with Crippen LogP contribution in [-0.2, 0) is 4.79 Å². The second-order valence-corrected chi connectivity index (χ2v) is 6.56. The zero-order valence-corrected chi connectivity index (χ0v) is 15.2. The van der Waals surface area contributed by atoms with E-state index < -0.39 is 0 Å². The molecule has 0 bridgehead atoms. The zero-order chi connectivity index (χ0) is 19.8. The van der Waals surface area contributed by atoms with Crippen molar-refractivity contribution in [3.63, 3.8) is 0 Å². The molecule has 0 radical (unpaired) electrons. The van der Waals surface area contributed by atoms with Crippen molar-refractivity contribution in [2.24, 2.45) is 4.99 Å². The maximum absolute atomic E-state index is 13.4. The van der Waals surface area contributed by atoms with Crippen molar-refractivity contribution < 1.29 is 18.7 Å². The molecule has 29 heavy (non-hydrogen) atoms. The summed E-state index contributed by atoms with van der Waals surface area (Å²) >= 11 is 0. The molecule has 0 spiro atoms. The molecule has 0 fully saturated rings. The maximum Gasteiger partial charge on any atom is 0.282 e. The van der Waals surface area contributed by atoms with Gasteiger partial charge in [0.05, 0.1) is 5.69 Å². The van der Waals surface area contributed by atoms with Crippen LogP contribution in [0.1, 0.15) is 11.1 Å². The lowest BCUT2D eigenvalue weighted by Crippen LogP contribution is -2.32. The Morgan fingerprint density at radius 2 is 1.69 bits per heavy atom. The molecular formula is C23H15FN2O3. The SMILES string of the molecule is O=C1C(=Cc2ccc3c(c2)OCO3)N=C(c2ccccc2)N1c1ccc(F)cc1. The van der Waals surface area contributed by atoms with E-state index in [4.69, 9.17) is 9.47 Å². The summed E-state index contributed by atoms with van der Waals surface area (Å²) in [7, 11) is 0. The summed E-state index contributed by atoms with van der Waals surface area (Å²) in [6, 6.07) is 20.6. The first-order valence-corrected chi connectivity index (χ1v) is 9.04. The summed E-state index contributed by atoms with van der Waals surface area (Å²) in [5.41, 5.74) is 2.40. The molecule has 2 aliphatic rings. The van der Waals surface area contributed by atoms with Crippen molar-refractivity contribution in [1.29, 1.82) is 0 Å². The van der Waals surface area contributed by atoms with Crippen LogP contribution in [0, 0.1) is 5.82 Å². The summed E-state index contributed by atoms with van der Waals surface area (Å²) < 4.78 is 24.1. The Morgan fingerprint density at radius 3 is 2.48 bits per heavy atom. The normalized spacial score (nSPS) is 16.4. The first kappa shape index (κ1) is 17.2. The van der Waals surface area contributed by atoms with Crippen molar-refractivity contribution in [2.45, 2.75) is 0 Å². The second kappa shape index (κ2) is 6.91. The fourth-order valence-corrected chi connectivity index (χ4v) is 3.29. The number of amidine groups is 1. The highest BCUT2D eigenvalue weighted by molar-refractivity contribution is 6.33. The third-order valence-corrected chi connectivity index (χ3v) is 4.68. The predicted octanol–water partition coefficient (Wildman–Crippen LogP) is 4.39. The summed E-state index contributed by atoms with van der Waals surface area (Å²) in [5, 5.41) is 0. The first-order chi connectivity index (χ1) is 14.2. The molecule has 0 atom stereocenters. The van der Waals surface area contributed by atoms with Crippen LogP contribution in [0.25, 0.3) is 6.08 Å². The van der Waals surface area contributed by atoms with Gasteiger partial charge in [0.2, 0.25) is 6.79 Å². The van der Waals surface area contributed by atoms with Gasteiger partial charge in [-0.15, -0.1) is 0 Å². The van der Waals surface area contributed by atoms with Gasteiger partial charge in [-0.25, -0.2) is 9.38 Å². The van der Waals surface area contributed by atoms with Crippen molar-refractivity contribution in [1.82, 2.24) is 0 Å². The standard InChI is InChI=1S/C23H15FN2O3/c24-17-7-9-18(10-8-17)26-22(16-4-2-1-3-5-16)25-19(23(26)27)12-15-6-11-20-21(13-15)29-14-28-20/h1-13H,14H2. The van der Waals surface area contributed by atoms with Crippen LogP contribution in [0.4, 0.5) is 10.1 Å². The van der Waals surface area contributed by atoms with E-state index in [1.807, 2.05) is 36.4 Å². The molecule has 0 unspecified atom stereocenters. The number of hydrogen-bond donors (Lipinski definition) is 0. The third-order valence-electron chi connectivity index (χ3n) is 4.68. The highest BCUT2D eigenvalue weighted by atomic mass is 19.1. The summed E-state index contributed by atoms with van der Waals surface area (Å²) in [6.07, 6.45) is 1.71. The minimum absolute atomic E-state index is 0.183. The quantitative estimate of drug-likeness (QED) is 0.628. The molecule has 5 rings (SSSR count). The van der Waals surface area contributed by atoms with Gasteiger partial charge in [0.25, 0.3) is 5.91 Å². The van der Waals surface area contributed by atoms with Gasteiger partial charge < -0.3 is 9.47 Å². The third kappa shape index (κ3) is 3.14. The van der Waals surface area contributed by atoms with E-state index in [0.717, 1.165) is 11.1 Å². The van der Waals surface area contributed by atoms with Crippen molar-refractivity contribution in [2.75, 3.05) is 11.7 Å². The van der Waals surface area contributed by atoms with E-state index in [1.54, 1.807) is 30.3 Å². The molecular weight excluding hydrogens is 371 g/mol. The molecule has 1 amide bonds. The number of nitrogens with zero attached hydrogens (tertiary/aromatic N) is 2. The van der Waals surface area contributed by atoms with Gasteiger partial charge in [-0.2, -0.15) is 0 Å². The van der Waals surface area contributed by atoms with Crippen molar-refractivity contribution in [3.8, 4) is 11.5 Å². The molecule has 6 heteroatoms. The summed E-state index contributed by atoms with van der Waals surface area (Å²) in [5.74, 6) is 1.15. The second-order valence-electron chi connectivity index (χ2n) is 6.56. The zero-order valence-electron chi connectivity index (χ0n) is 15.2. The molecule has 0 saturated heterocycles. The number of halogens is 1. The average Bonchev–Trinajstić information content (AvgIpc) is 3.34. The van der Waals surface area contributed by atoms with Gasteiger partial charge in [-0.3, -0.25) is 9.69 Å². The van der Waals surface area contributed by atoms with Gasteiger partial charge in [0.15, 0.2) is 11.5 Å². The van der Waals surface area contributed by atoms with E-state index in [2.05, 4.69) is 4.99 Å². The number of carbonyl (C=O) groups excluding carboxylic acids is 1. The van der Waals surface area contributed by atoms with E-state index >= 15 is 0 Å². The summed E-state index contributed by atoms with van der Waals surface area (Å²) in [4.78, 5) is 19.3. The highest BCUT2D eigenvalue weighted by Crippen LogP contribution is 2.34. The predicted molar refractivity (Wildman–Crippen MR) is 107 cm³/mol. The number of amides is 1. The Kier molecular flexibility index (Phi) is 4.09. The molecule has 3 aromatic rings. The van der Waals surface area contributed by atoms with Crippen LogP contribution in [0.2, 0.25) is 0 Å². The fraction of sp³-hybridized carbons (Fsp3) is 0.0435. The summed E-state index contributed by atoms with van der Waals surface area (Å²) in [6.45, 7) is 0.183. The van der Waals surface area contributed by atoms with Gasteiger partial charge in [0, 0.05) is 5.56 Å². The van der Waals surface area contributed by atoms with Crippen molar-refractivity contribution >= 4 is 23.5 Å². The molecule has 0 aromatic heterocycles. The van der Waals surface area contributed by atoms with Gasteiger partial charge in [-0.05, 0) is 48.0 Å². The lowest BCUT2D eigenvalue weighted by Gasteiger charge is -2.18. The van der Waals surface area contributed by atoms with Crippen LogP contribution in [-0.4, -0.2) is 18.5 Å². The molecule has 142 valence electrons. The number of hydrogen-bond acceptors (Lipinski definition) is 4. The molecule has 2 aliphatic heterocycles. The van der Waals surface area contributed by atoms with E-state index in [0.29, 0.717) is 23.0 Å². The van der Waals surface area contributed by atoms with E-state index in [1.165, 1.54) is 17.0 Å². The minimum Gasteiger partial charge on any atom is -0.454 e. The Hall–Kier alpha value is -3.93. The molecule has 0 saturated carbocycles. The Balaban J connectivity index is 1.59. The van der Waals surface area contributed by atoms with Gasteiger partial charge >= 0.3 is 0 Å². The molecule has 5 nitrogen and oxygen atoms in total. The van der Waals surface area contributed by atoms with Crippen LogP contribution < -0.4 is 14.4 Å². The lowest BCUT2D eigenvalue weighted by molar-refractivity contribution is -0.113. The maximum atomic E-state index is 13.4. The average molecular weight is 386 g/mol. The van der Waals surface area contributed by atoms with Gasteiger partial charge in [-0.1, -0.05) is 36.4 Å². The molecule has 3 aromatic carbocycles. The van der Waals surface area contributed by atoms with Crippen LogP contribution >= 0.6 is 0 Å². The van der Waals surface area contributed by atoms with Crippen LogP contribution in [0.3, 0.4) is 0 Å². The first-order valence-electron chi connectivity index (χ1n) is 9.04. The molecule has 2 heterocycles. The smallest absolute Gasteiger partial charge is 0.282 e. The van der Waals surface area contributed by atoms with Crippen molar-refractivity contribution in [3.05, 3.63) is 95.4 Å². The number of ether oxygens (including phenoxy) is 2. The van der Waals surface area contributed by atoms with Crippen LogP contribution in [0.15, 0.2) is 83.5 Å². The Bertz CT molecular complexity index is 1150. The number of aliphatic imine (C=N–C) groups is 1. The molecule has 0 aliphatic carbocycles. The largest absolute Gasteiger partial charge is 0.454 e. The Labute approximate surface area is 166 Å². The number of carbonyl (C=O) groups is 1. The van der Waals surface area contributed by atoms with Crippen LogP contribution in [0.5, 0.6) is 11.5 Å². The number of fused-ring (bicyclic) bond motifs is 1. The fourth-order valence-electron chi connectivity index (χ4n) is 3.29. The topological polar surface area (TPSA) is 51.1 Å². The number of rotatable bonds is 3. The number of benzene rings is 3.